The molecule has 1 aliphatic heterocycles. The predicted molar refractivity (Wildman–Crippen MR) is 71.8 cm³/mol. The SMILES string of the molecule is N#Cc1ccc(N2CCCC(CN)C2)c([N+](=O)[O-])c1. The van der Waals surface area contributed by atoms with Crippen molar-refractivity contribution in [2.24, 2.45) is 11.7 Å². The number of nitrogens with zero attached hydrogens (tertiary/aromatic N) is 3. The lowest BCUT2D eigenvalue weighted by molar-refractivity contribution is -0.384. The number of hydrogen-bond donors (Lipinski definition) is 1. The van der Waals surface area contributed by atoms with Crippen LogP contribution in [-0.4, -0.2) is 24.6 Å². The number of piperidine rings is 1. The van der Waals surface area contributed by atoms with Crippen LogP contribution in [-0.2, 0) is 0 Å². The lowest BCUT2D eigenvalue weighted by Gasteiger charge is -2.33. The van der Waals surface area contributed by atoms with Gasteiger partial charge >= 0.3 is 0 Å². The molecule has 6 nitrogen and oxygen atoms in total. The van der Waals surface area contributed by atoms with Gasteiger partial charge in [-0.25, -0.2) is 0 Å². The molecule has 1 heterocycles. The normalized spacial score (nSPS) is 18.9. The fourth-order valence-corrected chi connectivity index (χ4v) is 2.48. The molecule has 2 N–H and O–H groups in total. The van der Waals surface area contributed by atoms with Crippen LogP contribution in [0.25, 0.3) is 0 Å². The fraction of sp³-hybridized carbons (Fsp3) is 0.462. The summed E-state index contributed by atoms with van der Waals surface area (Å²) >= 11 is 0. The van der Waals surface area contributed by atoms with Crippen molar-refractivity contribution in [1.82, 2.24) is 0 Å². The molecule has 1 saturated heterocycles. The Morgan fingerprint density at radius 2 is 2.37 bits per heavy atom. The van der Waals surface area contributed by atoms with Crippen molar-refractivity contribution in [2.45, 2.75) is 12.8 Å². The topological polar surface area (TPSA) is 96.2 Å². The van der Waals surface area contributed by atoms with Gasteiger partial charge in [0.25, 0.3) is 5.69 Å². The number of hydrogen-bond acceptors (Lipinski definition) is 5. The zero-order valence-corrected chi connectivity index (χ0v) is 10.6. The van der Waals surface area contributed by atoms with Crippen LogP contribution in [0, 0.1) is 27.4 Å². The number of nitro benzene ring substituents is 1. The van der Waals surface area contributed by atoms with Gasteiger partial charge in [0.1, 0.15) is 5.69 Å². The zero-order valence-electron chi connectivity index (χ0n) is 10.6. The number of nitriles is 1. The standard InChI is InChI=1S/C13H16N4O2/c14-7-10-3-4-12(13(6-10)17(18)19)16-5-1-2-11(8-15)9-16/h3-4,6,11H,1-2,5,8-9,15H2. The maximum atomic E-state index is 11.1. The molecule has 1 unspecified atom stereocenters. The van der Waals surface area contributed by atoms with E-state index < -0.39 is 4.92 Å². The summed E-state index contributed by atoms with van der Waals surface area (Å²) in [4.78, 5) is 12.7. The smallest absolute Gasteiger partial charge is 0.293 e. The predicted octanol–water partition coefficient (Wildman–Crippen LogP) is 1.64. The Morgan fingerprint density at radius 1 is 1.58 bits per heavy atom. The number of nitrogens with two attached hydrogens (primary N) is 1. The van der Waals surface area contributed by atoms with Crippen molar-refractivity contribution in [3.8, 4) is 6.07 Å². The van der Waals surface area contributed by atoms with Crippen molar-refractivity contribution in [3.05, 3.63) is 33.9 Å². The molecular weight excluding hydrogens is 244 g/mol. The molecule has 0 amide bonds. The minimum Gasteiger partial charge on any atom is -0.366 e. The van der Waals surface area contributed by atoms with Crippen LogP contribution >= 0.6 is 0 Å². The second-order valence-corrected chi connectivity index (χ2v) is 4.76. The minimum absolute atomic E-state index is 0.00304. The molecule has 0 aromatic heterocycles. The Balaban J connectivity index is 2.33. The van der Waals surface area contributed by atoms with E-state index in [0.29, 0.717) is 23.7 Å². The Kier molecular flexibility index (Phi) is 3.97. The van der Waals surface area contributed by atoms with Gasteiger partial charge < -0.3 is 10.6 Å². The van der Waals surface area contributed by atoms with Gasteiger partial charge in [-0.3, -0.25) is 10.1 Å². The number of anilines is 1. The van der Waals surface area contributed by atoms with E-state index in [1.54, 1.807) is 12.1 Å². The van der Waals surface area contributed by atoms with Crippen molar-refractivity contribution in [3.63, 3.8) is 0 Å². The lowest BCUT2D eigenvalue weighted by atomic mass is 9.97. The molecule has 0 bridgehead atoms. The summed E-state index contributed by atoms with van der Waals surface area (Å²) in [6.07, 6.45) is 2.05. The molecule has 0 saturated carbocycles. The molecule has 19 heavy (non-hydrogen) atoms. The first-order valence-electron chi connectivity index (χ1n) is 6.29. The number of benzene rings is 1. The molecule has 100 valence electrons. The van der Waals surface area contributed by atoms with Crippen molar-refractivity contribution in [2.75, 3.05) is 24.5 Å². The number of nitro groups is 1. The molecule has 1 atom stereocenters. The Bertz CT molecular complexity index is 524. The molecule has 0 radical (unpaired) electrons. The van der Waals surface area contributed by atoms with Gasteiger partial charge in [-0.1, -0.05) is 0 Å². The minimum atomic E-state index is -0.428. The van der Waals surface area contributed by atoms with E-state index in [-0.39, 0.29) is 5.69 Å². The van der Waals surface area contributed by atoms with Crippen molar-refractivity contribution < 1.29 is 4.92 Å². The van der Waals surface area contributed by atoms with Gasteiger partial charge in [0.15, 0.2) is 0 Å². The largest absolute Gasteiger partial charge is 0.366 e. The van der Waals surface area contributed by atoms with E-state index >= 15 is 0 Å². The highest BCUT2D eigenvalue weighted by Gasteiger charge is 2.25. The summed E-state index contributed by atoms with van der Waals surface area (Å²) in [5.41, 5.74) is 6.57. The second kappa shape index (κ2) is 5.67. The summed E-state index contributed by atoms with van der Waals surface area (Å²) in [5, 5.41) is 20.0. The van der Waals surface area contributed by atoms with Gasteiger partial charge in [-0.05, 0) is 37.4 Å². The third-order valence-electron chi connectivity index (χ3n) is 3.49. The van der Waals surface area contributed by atoms with E-state index in [1.165, 1.54) is 6.07 Å². The summed E-state index contributed by atoms with van der Waals surface area (Å²) in [6, 6.07) is 6.55. The molecule has 1 aromatic rings. The van der Waals surface area contributed by atoms with Crippen molar-refractivity contribution in [1.29, 1.82) is 5.26 Å². The van der Waals surface area contributed by atoms with E-state index in [0.717, 1.165) is 25.9 Å². The van der Waals surface area contributed by atoms with Gasteiger partial charge in [0.2, 0.25) is 0 Å². The lowest BCUT2D eigenvalue weighted by Crippen LogP contribution is -2.38. The van der Waals surface area contributed by atoms with Crippen LogP contribution in [0.1, 0.15) is 18.4 Å². The Hall–Kier alpha value is -2.13. The third kappa shape index (κ3) is 2.83. The quantitative estimate of drug-likeness (QED) is 0.658. The molecule has 1 fully saturated rings. The highest BCUT2D eigenvalue weighted by atomic mass is 16.6. The van der Waals surface area contributed by atoms with Crippen LogP contribution in [0.5, 0.6) is 0 Å². The first kappa shape index (κ1) is 13.3. The summed E-state index contributed by atoms with van der Waals surface area (Å²) in [6.45, 7) is 2.13. The third-order valence-corrected chi connectivity index (χ3v) is 3.49. The maximum absolute atomic E-state index is 11.1. The summed E-state index contributed by atoms with van der Waals surface area (Å²) in [5.74, 6) is 0.379. The van der Waals surface area contributed by atoms with Crippen LogP contribution in [0.3, 0.4) is 0 Å². The summed E-state index contributed by atoms with van der Waals surface area (Å²) in [7, 11) is 0. The Labute approximate surface area is 111 Å². The maximum Gasteiger partial charge on any atom is 0.293 e. The summed E-state index contributed by atoms with van der Waals surface area (Å²) < 4.78 is 0. The molecule has 6 heteroatoms. The highest BCUT2D eigenvalue weighted by Crippen LogP contribution is 2.32. The van der Waals surface area contributed by atoms with Gasteiger partial charge in [-0.2, -0.15) is 5.26 Å². The monoisotopic (exact) mass is 260 g/mol. The molecular formula is C13H16N4O2. The van der Waals surface area contributed by atoms with E-state index in [2.05, 4.69) is 0 Å². The molecule has 2 rings (SSSR count). The average molecular weight is 260 g/mol. The van der Waals surface area contributed by atoms with Gasteiger partial charge in [0.05, 0.1) is 16.6 Å². The van der Waals surface area contributed by atoms with E-state index in [4.69, 9.17) is 11.0 Å². The van der Waals surface area contributed by atoms with Crippen LogP contribution in [0.15, 0.2) is 18.2 Å². The zero-order chi connectivity index (χ0) is 13.8. The van der Waals surface area contributed by atoms with Crippen molar-refractivity contribution >= 4 is 11.4 Å². The molecule has 0 spiro atoms. The first-order valence-corrected chi connectivity index (χ1v) is 6.29. The van der Waals surface area contributed by atoms with E-state index in [1.807, 2.05) is 11.0 Å². The molecule has 1 aromatic carbocycles. The number of rotatable bonds is 3. The second-order valence-electron chi connectivity index (χ2n) is 4.76. The van der Waals surface area contributed by atoms with Crippen LogP contribution in [0.2, 0.25) is 0 Å². The van der Waals surface area contributed by atoms with Gasteiger partial charge in [0, 0.05) is 19.2 Å². The van der Waals surface area contributed by atoms with Crippen LogP contribution in [0.4, 0.5) is 11.4 Å². The van der Waals surface area contributed by atoms with E-state index in [9.17, 15) is 10.1 Å². The average Bonchev–Trinajstić information content (AvgIpc) is 2.46. The molecule has 1 aliphatic rings. The van der Waals surface area contributed by atoms with Gasteiger partial charge in [-0.15, -0.1) is 0 Å². The Morgan fingerprint density at radius 3 is 3.00 bits per heavy atom. The van der Waals surface area contributed by atoms with Crippen LogP contribution < -0.4 is 10.6 Å². The fourth-order valence-electron chi connectivity index (χ4n) is 2.48. The molecule has 0 aliphatic carbocycles. The first-order chi connectivity index (χ1) is 9.15. The highest BCUT2D eigenvalue weighted by molar-refractivity contribution is 5.65.